The Labute approximate surface area is 98.3 Å². The standard InChI is InChI=1S/C11H26N4O/c1-10(2,5-7-12)15(9(14)16)11(3,4)6-8-13/h5-8,12-13H2,1-4H3,(H2,14,16). The number of nitrogens with two attached hydrogens (primary N) is 3. The van der Waals surface area contributed by atoms with Crippen LogP contribution in [0.2, 0.25) is 0 Å². The van der Waals surface area contributed by atoms with E-state index >= 15 is 0 Å². The molecule has 0 aliphatic rings. The molecule has 96 valence electrons. The molecule has 0 aromatic rings. The number of amides is 2. The van der Waals surface area contributed by atoms with Gasteiger partial charge in [0.1, 0.15) is 0 Å². The van der Waals surface area contributed by atoms with Crippen LogP contribution in [0.25, 0.3) is 0 Å². The van der Waals surface area contributed by atoms with Gasteiger partial charge in [0, 0.05) is 11.1 Å². The topological polar surface area (TPSA) is 98.4 Å². The number of carbonyl (C=O) groups is 1. The van der Waals surface area contributed by atoms with Gasteiger partial charge in [0.05, 0.1) is 0 Å². The van der Waals surface area contributed by atoms with Gasteiger partial charge in [0.2, 0.25) is 0 Å². The maximum Gasteiger partial charge on any atom is 0.315 e. The van der Waals surface area contributed by atoms with E-state index in [9.17, 15) is 4.79 Å². The molecule has 0 heterocycles. The second-order valence-electron chi connectivity index (χ2n) is 5.38. The van der Waals surface area contributed by atoms with E-state index < -0.39 is 6.03 Å². The molecule has 0 fully saturated rings. The third kappa shape index (κ3) is 3.64. The fourth-order valence-electron chi connectivity index (χ4n) is 2.35. The summed E-state index contributed by atoms with van der Waals surface area (Å²) in [6, 6.07) is -0.420. The Morgan fingerprint density at radius 2 is 1.31 bits per heavy atom. The van der Waals surface area contributed by atoms with Gasteiger partial charge in [-0.05, 0) is 53.6 Å². The molecule has 0 unspecified atom stereocenters. The van der Waals surface area contributed by atoms with Crippen LogP contribution in [0.4, 0.5) is 4.79 Å². The summed E-state index contributed by atoms with van der Waals surface area (Å²) < 4.78 is 0. The van der Waals surface area contributed by atoms with Crippen molar-refractivity contribution in [3.63, 3.8) is 0 Å². The zero-order valence-electron chi connectivity index (χ0n) is 10.9. The van der Waals surface area contributed by atoms with E-state index in [0.29, 0.717) is 25.9 Å². The summed E-state index contributed by atoms with van der Waals surface area (Å²) >= 11 is 0. The van der Waals surface area contributed by atoms with Crippen molar-refractivity contribution < 1.29 is 4.79 Å². The molecule has 0 atom stereocenters. The molecule has 5 heteroatoms. The minimum atomic E-state index is -0.420. The van der Waals surface area contributed by atoms with Gasteiger partial charge in [-0.25, -0.2) is 4.79 Å². The maximum absolute atomic E-state index is 11.6. The molecule has 0 saturated heterocycles. The normalized spacial score (nSPS) is 12.6. The first kappa shape index (κ1) is 15.2. The van der Waals surface area contributed by atoms with Gasteiger partial charge < -0.3 is 22.1 Å². The highest BCUT2D eigenvalue weighted by Gasteiger charge is 2.39. The Hall–Kier alpha value is -0.810. The van der Waals surface area contributed by atoms with Crippen LogP contribution < -0.4 is 17.2 Å². The average molecular weight is 230 g/mol. The second-order valence-corrected chi connectivity index (χ2v) is 5.38. The van der Waals surface area contributed by atoms with Crippen LogP contribution in [0.1, 0.15) is 40.5 Å². The predicted molar refractivity (Wildman–Crippen MR) is 66.9 cm³/mol. The first-order chi connectivity index (χ1) is 7.19. The fourth-order valence-corrected chi connectivity index (χ4v) is 2.35. The largest absolute Gasteiger partial charge is 0.351 e. The maximum atomic E-state index is 11.6. The third-order valence-electron chi connectivity index (χ3n) is 2.94. The molecular weight excluding hydrogens is 204 g/mol. The summed E-state index contributed by atoms with van der Waals surface area (Å²) in [7, 11) is 0. The molecule has 0 spiro atoms. The van der Waals surface area contributed by atoms with Crippen molar-refractivity contribution in [2.24, 2.45) is 17.2 Å². The zero-order valence-corrected chi connectivity index (χ0v) is 10.9. The van der Waals surface area contributed by atoms with Crippen molar-refractivity contribution >= 4 is 6.03 Å². The molecule has 16 heavy (non-hydrogen) atoms. The predicted octanol–water partition coefficient (Wildman–Crippen LogP) is 0.622. The molecule has 0 aromatic heterocycles. The van der Waals surface area contributed by atoms with E-state index in [1.165, 1.54) is 0 Å². The second kappa shape index (κ2) is 5.50. The van der Waals surface area contributed by atoms with Gasteiger partial charge in [-0.15, -0.1) is 0 Å². The van der Waals surface area contributed by atoms with Crippen molar-refractivity contribution in [2.45, 2.75) is 51.6 Å². The Balaban J connectivity index is 5.07. The Morgan fingerprint density at radius 1 is 1.00 bits per heavy atom. The lowest BCUT2D eigenvalue weighted by atomic mass is 9.89. The summed E-state index contributed by atoms with van der Waals surface area (Å²) in [5, 5.41) is 0. The van der Waals surface area contributed by atoms with Crippen LogP contribution in [0.3, 0.4) is 0 Å². The summed E-state index contributed by atoms with van der Waals surface area (Å²) in [4.78, 5) is 13.3. The van der Waals surface area contributed by atoms with E-state index in [0.717, 1.165) is 0 Å². The number of rotatable bonds is 6. The highest BCUT2D eigenvalue weighted by atomic mass is 16.2. The number of nitrogens with zero attached hydrogens (tertiary/aromatic N) is 1. The smallest absolute Gasteiger partial charge is 0.315 e. The van der Waals surface area contributed by atoms with E-state index in [2.05, 4.69) is 0 Å². The number of hydrogen-bond donors (Lipinski definition) is 3. The van der Waals surface area contributed by atoms with Gasteiger partial charge in [-0.3, -0.25) is 0 Å². The number of primary amides is 1. The fraction of sp³-hybridized carbons (Fsp3) is 0.909. The van der Waals surface area contributed by atoms with E-state index in [4.69, 9.17) is 17.2 Å². The lowest BCUT2D eigenvalue weighted by molar-refractivity contribution is 0.0512. The molecule has 6 N–H and O–H groups in total. The Morgan fingerprint density at radius 3 is 1.50 bits per heavy atom. The molecule has 0 saturated carbocycles. The van der Waals surface area contributed by atoms with Crippen LogP contribution in [-0.4, -0.2) is 35.1 Å². The van der Waals surface area contributed by atoms with Gasteiger partial charge in [0.15, 0.2) is 0 Å². The molecule has 2 amide bonds. The molecule has 0 radical (unpaired) electrons. The molecule has 0 aliphatic carbocycles. The first-order valence-corrected chi connectivity index (χ1v) is 5.69. The Kier molecular flexibility index (Phi) is 5.22. The molecule has 0 rings (SSSR count). The summed E-state index contributed by atoms with van der Waals surface area (Å²) in [5.74, 6) is 0. The monoisotopic (exact) mass is 230 g/mol. The summed E-state index contributed by atoms with van der Waals surface area (Å²) in [5.41, 5.74) is 15.9. The number of hydrogen-bond acceptors (Lipinski definition) is 3. The van der Waals surface area contributed by atoms with E-state index in [1.807, 2.05) is 27.7 Å². The van der Waals surface area contributed by atoms with Crippen molar-refractivity contribution in [3.05, 3.63) is 0 Å². The number of urea groups is 1. The summed E-state index contributed by atoms with van der Waals surface area (Å²) in [6.45, 7) is 8.95. The first-order valence-electron chi connectivity index (χ1n) is 5.69. The molecule has 0 aromatic carbocycles. The van der Waals surface area contributed by atoms with Crippen LogP contribution >= 0.6 is 0 Å². The van der Waals surface area contributed by atoms with Crippen LogP contribution in [0.5, 0.6) is 0 Å². The SMILES string of the molecule is CC(C)(CCN)N(C(N)=O)C(C)(C)CCN. The molecular formula is C11H26N4O. The van der Waals surface area contributed by atoms with Crippen LogP contribution in [-0.2, 0) is 0 Å². The van der Waals surface area contributed by atoms with Crippen LogP contribution in [0.15, 0.2) is 0 Å². The van der Waals surface area contributed by atoms with Gasteiger partial charge in [-0.2, -0.15) is 0 Å². The molecule has 0 bridgehead atoms. The molecule has 5 nitrogen and oxygen atoms in total. The Bertz CT molecular complexity index is 220. The van der Waals surface area contributed by atoms with Gasteiger partial charge in [0.25, 0.3) is 0 Å². The lowest BCUT2D eigenvalue weighted by Crippen LogP contribution is -2.61. The zero-order chi connectivity index (χ0) is 13.0. The van der Waals surface area contributed by atoms with E-state index in [1.54, 1.807) is 4.90 Å². The minimum absolute atomic E-state index is 0.348. The van der Waals surface area contributed by atoms with Crippen molar-refractivity contribution in [1.29, 1.82) is 0 Å². The van der Waals surface area contributed by atoms with Crippen molar-refractivity contribution in [2.75, 3.05) is 13.1 Å². The lowest BCUT2D eigenvalue weighted by Gasteiger charge is -2.48. The average Bonchev–Trinajstić information content (AvgIpc) is 1.99. The van der Waals surface area contributed by atoms with Crippen molar-refractivity contribution in [3.8, 4) is 0 Å². The van der Waals surface area contributed by atoms with Gasteiger partial charge >= 0.3 is 6.03 Å². The van der Waals surface area contributed by atoms with E-state index in [-0.39, 0.29) is 11.1 Å². The minimum Gasteiger partial charge on any atom is -0.351 e. The van der Waals surface area contributed by atoms with Crippen molar-refractivity contribution in [1.82, 2.24) is 4.90 Å². The molecule has 0 aliphatic heterocycles. The quantitative estimate of drug-likeness (QED) is 0.624. The number of carbonyl (C=O) groups excluding carboxylic acids is 1. The highest BCUT2D eigenvalue weighted by molar-refractivity contribution is 5.73. The van der Waals surface area contributed by atoms with Gasteiger partial charge in [-0.1, -0.05) is 0 Å². The third-order valence-corrected chi connectivity index (χ3v) is 2.94. The highest BCUT2D eigenvalue weighted by Crippen LogP contribution is 2.29. The summed E-state index contributed by atoms with van der Waals surface area (Å²) in [6.07, 6.45) is 1.42. The van der Waals surface area contributed by atoms with Crippen LogP contribution in [0, 0.1) is 0 Å².